The number of carbonyl (C=O) groups excluding carboxylic acids is 2. The minimum Gasteiger partial charge on any atom is -0.478 e. The van der Waals surface area contributed by atoms with Crippen LogP contribution in [0.5, 0.6) is 5.75 Å². The molecule has 1 rings (SSSR count). The summed E-state index contributed by atoms with van der Waals surface area (Å²) >= 11 is 3.17. The number of benzene rings is 1. The van der Waals surface area contributed by atoms with E-state index < -0.39 is 18.4 Å². The van der Waals surface area contributed by atoms with Gasteiger partial charge < -0.3 is 9.84 Å². The highest BCUT2D eigenvalue weighted by Crippen LogP contribution is 2.22. The first-order chi connectivity index (χ1) is 8.43. The third-order valence-corrected chi connectivity index (χ3v) is 2.48. The average molecular weight is 313 g/mol. The molecule has 94 valence electrons. The predicted octanol–water partition coefficient (Wildman–Crippen LogP) is 2.20. The van der Waals surface area contributed by atoms with E-state index in [0.29, 0.717) is 10.8 Å². The van der Waals surface area contributed by atoms with Crippen LogP contribution in [0.3, 0.4) is 0 Å². The van der Waals surface area contributed by atoms with Gasteiger partial charge in [0.2, 0.25) is 0 Å². The van der Waals surface area contributed by atoms with Crippen molar-refractivity contribution in [1.29, 1.82) is 0 Å². The normalized spacial score (nSPS) is 9.61. The van der Waals surface area contributed by atoms with Gasteiger partial charge >= 0.3 is 11.9 Å². The van der Waals surface area contributed by atoms with Gasteiger partial charge in [-0.3, -0.25) is 9.59 Å². The van der Waals surface area contributed by atoms with E-state index in [1.165, 1.54) is 12.1 Å². The molecule has 0 saturated carbocycles. The number of hydrogen-bond acceptors (Lipinski definition) is 4. The molecule has 0 saturated heterocycles. The van der Waals surface area contributed by atoms with Crippen LogP contribution in [0, 0.1) is 0 Å². The summed E-state index contributed by atoms with van der Waals surface area (Å²) in [5, 5.41) is 8.56. The molecule has 0 amide bonds. The zero-order valence-corrected chi connectivity index (χ0v) is 10.8. The standard InChI is InChI=1S/C12H9BrO5/c1-7(12(16)17)4-11(15)18-10-3-2-9(13)5-8(10)6-14/h2-3,5-6H,1,4H2,(H,16,17). The van der Waals surface area contributed by atoms with Gasteiger partial charge in [-0.25, -0.2) is 4.79 Å². The summed E-state index contributed by atoms with van der Waals surface area (Å²) < 4.78 is 5.56. The zero-order chi connectivity index (χ0) is 13.7. The molecule has 5 nitrogen and oxygen atoms in total. The quantitative estimate of drug-likeness (QED) is 0.390. The Morgan fingerprint density at radius 3 is 2.67 bits per heavy atom. The maximum Gasteiger partial charge on any atom is 0.331 e. The molecule has 0 unspecified atom stereocenters. The van der Waals surface area contributed by atoms with Gasteiger partial charge in [0, 0.05) is 10.0 Å². The first-order valence-electron chi connectivity index (χ1n) is 4.80. The summed E-state index contributed by atoms with van der Waals surface area (Å²) in [7, 11) is 0. The number of rotatable bonds is 5. The number of carboxylic acids is 1. The second-order valence-corrected chi connectivity index (χ2v) is 4.28. The van der Waals surface area contributed by atoms with Crippen LogP contribution < -0.4 is 4.74 Å². The lowest BCUT2D eigenvalue weighted by Gasteiger charge is -2.06. The van der Waals surface area contributed by atoms with Crippen molar-refractivity contribution in [1.82, 2.24) is 0 Å². The van der Waals surface area contributed by atoms with E-state index in [4.69, 9.17) is 9.84 Å². The van der Waals surface area contributed by atoms with Crippen LogP contribution >= 0.6 is 15.9 Å². The topological polar surface area (TPSA) is 80.7 Å². The van der Waals surface area contributed by atoms with E-state index in [1.54, 1.807) is 6.07 Å². The van der Waals surface area contributed by atoms with E-state index >= 15 is 0 Å². The van der Waals surface area contributed by atoms with Crippen molar-refractivity contribution >= 4 is 34.2 Å². The van der Waals surface area contributed by atoms with Crippen LogP contribution in [-0.2, 0) is 9.59 Å². The minimum absolute atomic E-state index is 0.0800. The van der Waals surface area contributed by atoms with Crippen LogP contribution in [0.25, 0.3) is 0 Å². The molecular formula is C12H9BrO5. The molecule has 0 bridgehead atoms. The highest BCUT2D eigenvalue weighted by atomic mass is 79.9. The predicted molar refractivity (Wildman–Crippen MR) is 66.6 cm³/mol. The Hall–Kier alpha value is -1.95. The average Bonchev–Trinajstić information content (AvgIpc) is 2.31. The molecule has 1 aromatic rings. The van der Waals surface area contributed by atoms with Crippen LogP contribution in [-0.4, -0.2) is 23.3 Å². The number of carboxylic acid groups (broad SMARTS) is 1. The van der Waals surface area contributed by atoms with Crippen molar-refractivity contribution in [2.75, 3.05) is 0 Å². The van der Waals surface area contributed by atoms with Crippen LogP contribution in [0.4, 0.5) is 0 Å². The molecular weight excluding hydrogens is 304 g/mol. The number of aldehydes is 1. The Bertz CT molecular complexity index is 521. The Kier molecular flexibility index (Phi) is 4.79. The number of esters is 1. The molecule has 6 heteroatoms. The molecule has 0 spiro atoms. The van der Waals surface area contributed by atoms with Crippen molar-refractivity contribution < 1.29 is 24.2 Å². The number of carbonyl (C=O) groups is 3. The number of aliphatic carboxylic acids is 1. The van der Waals surface area contributed by atoms with Crippen molar-refractivity contribution in [2.45, 2.75) is 6.42 Å². The van der Waals surface area contributed by atoms with Gasteiger partial charge in [-0.15, -0.1) is 0 Å². The monoisotopic (exact) mass is 312 g/mol. The summed E-state index contributed by atoms with van der Waals surface area (Å²) in [6.07, 6.45) is 0.100. The van der Waals surface area contributed by atoms with E-state index in [2.05, 4.69) is 22.5 Å². The second-order valence-electron chi connectivity index (χ2n) is 3.36. The summed E-state index contributed by atoms with van der Waals surface area (Å²) in [5.41, 5.74) is -0.0802. The summed E-state index contributed by atoms with van der Waals surface area (Å²) in [6.45, 7) is 3.22. The van der Waals surface area contributed by atoms with Crippen LogP contribution in [0.1, 0.15) is 16.8 Å². The maximum atomic E-state index is 11.4. The molecule has 0 aliphatic carbocycles. The minimum atomic E-state index is -1.27. The van der Waals surface area contributed by atoms with E-state index in [9.17, 15) is 14.4 Å². The summed E-state index contributed by atoms with van der Waals surface area (Å²) in [4.78, 5) is 32.7. The Labute approximate surface area is 111 Å². The molecule has 0 aliphatic rings. The second kappa shape index (κ2) is 6.11. The Morgan fingerprint density at radius 2 is 2.11 bits per heavy atom. The highest BCUT2D eigenvalue weighted by molar-refractivity contribution is 9.10. The van der Waals surface area contributed by atoms with Gasteiger partial charge in [0.05, 0.1) is 12.0 Å². The van der Waals surface area contributed by atoms with Gasteiger partial charge in [-0.2, -0.15) is 0 Å². The van der Waals surface area contributed by atoms with E-state index in [0.717, 1.165) is 0 Å². The molecule has 18 heavy (non-hydrogen) atoms. The summed E-state index contributed by atoms with van der Waals surface area (Å²) in [5.74, 6) is -1.97. The molecule has 0 fully saturated rings. The first kappa shape index (κ1) is 14.1. The van der Waals surface area contributed by atoms with Gasteiger partial charge in [0.1, 0.15) is 5.75 Å². The first-order valence-corrected chi connectivity index (χ1v) is 5.60. The molecule has 0 atom stereocenters. The zero-order valence-electron chi connectivity index (χ0n) is 9.18. The van der Waals surface area contributed by atoms with Crippen molar-refractivity contribution in [2.24, 2.45) is 0 Å². The molecule has 0 aliphatic heterocycles. The van der Waals surface area contributed by atoms with Crippen LogP contribution in [0.2, 0.25) is 0 Å². The van der Waals surface area contributed by atoms with Crippen molar-refractivity contribution in [3.63, 3.8) is 0 Å². The van der Waals surface area contributed by atoms with Crippen molar-refractivity contribution in [3.05, 3.63) is 40.4 Å². The SMILES string of the molecule is C=C(CC(=O)Oc1ccc(Br)cc1C=O)C(=O)O. The number of halogens is 1. The lowest BCUT2D eigenvalue weighted by atomic mass is 10.2. The molecule has 0 radical (unpaired) electrons. The third-order valence-electron chi connectivity index (χ3n) is 1.98. The Balaban J connectivity index is 2.79. The largest absolute Gasteiger partial charge is 0.478 e. The molecule has 1 N–H and O–H groups in total. The molecule has 0 heterocycles. The van der Waals surface area contributed by atoms with Crippen molar-refractivity contribution in [3.8, 4) is 5.75 Å². The van der Waals surface area contributed by atoms with Gasteiger partial charge in [-0.05, 0) is 18.2 Å². The lowest BCUT2D eigenvalue weighted by Crippen LogP contribution is -2.13. The maximum absolute atomic E-state index is 11.4. The third kappa shape index (κ3) is 3.81. The van der Waals surface area contributed by atoms with E-state index in [1.807, 2.05) is 0 Å². The van der Waals surface area contributed by atoms with Gasteiger partial charge in [0.15, 0.2) is 6.29 Å². The molecule has 0 aromatic heterocycles. The highest BCUT2D eigenvalue weighted by Gasteiger charge is 2.14. The lowest BCUT2D eigenvalue weighted by molar-refractivity contribution is -0.138. The molecule has 1 aromatic carbocycles. The fourth-order valence-electron chi connectivity index (χ4n) is 1.11. The smallest absolute Gasteiger partial charge is 0.331 e. The fraction of sp³-hybridized carbons (Fsp3) is 0.0833. The van der Waals surface area contributed by atoms with Gasteiger partial charge in [0.25, 0.3) is 0 Å². The fourth-order valence-corrected chi connectivity index (χ4v) is 1.49. The number of ether oxygens (including phenoxy) is 1. The number of hydrogen-bond donors (Lipinski definition) is 1. The van der Waals surface area contributed by atoms with Crippen LogP contribution in [0.15, 0.2) is 34.8 Å². The van der Waals surface area contributed by atoms with Gasteiger partial charge in [-0.1, -0.05) is 22.5 Å². The summed E-state index contributed by atoms with van der Waals surface area (Å²) in [6, 6.07) is 4.53. The Morgan fingerprint density at radius 1 is 1.44 bits per heavy atom. The van der Waals surface area contributed by atoms with E-state index in [-0.39, 0.29) is 16.9 Å².